The van der Waals surface area contributed by atoms with Crippen LogP contribution in [0.3, 0.4) is 0 Å². The first-order valence-electron chi connectivity index (χ1n) is 10.9. The standard InChI is InChI=1S/C23H17F9N4O3S/c1-3-40(38,39)16-8-13(22(27,28)29)18(11-4-6-12(7-5-11)21(24,25)26)36-19(16)20(37)35-14-9-17(23(30,31)32)34-10-15(14)33-2/h4-10,33H,3H2,1-2H3,(H,34,35,37). The molecule has 0 saturated heterocycles. The van der Waals surface area contributed by atoms with E-state index in [0.717, 1.165) is 6.92 Å². The lowest BCUT2D eigenvalue weighted by Crippen LogP contribution is -2.23. The number of hydrogen-bond donors (Lipinski definition) is 2. The first kappa shape index (κ1) is 30.6. The number of pyridine rings is 2. The lowest BCUT2D eigenvalue weighted by molar-refractivity contribution is -0.141. The molecule has 0 aliphatic rings. The van der Waals surface area contributed by atoms with Crippen LogP contribution in [0.5, 0.6) is 0 Å². The molecule has 3 rings (SSSR count). The van der Waals surface area contributed by atoms with Crippen molar-refractivity contribution in [3.05, 3.63) is 65.1 Å². The quantitative estimate of drug-likeness (QED) is 0.323. The van der Waals surface area contributed by atoms with Gasteiger partial charge in [-0.15, -0.1) is 0 Å². The van der Waals surface area contributed by atoms with Crippen molar-refractivity contribution < 1.29 is 52.7 Å². The number of carbonyl (C=O) groups is 1. The Labute approximate surface area is 220 Å². The van der Waals surface area contributed by atoms with Gasteiger partial charge in [0.2, 0.25) is 0 Å². The van der Waals surface area contributed by atoms with Crippen LogP contribution in [-0.2, 0) is 28.4 Å². The van der Waals surface area contributed by atoms with Gasteiger partial charge in [-0.3, -0.25) is 4.79 Å². The summed E-state index contributed by atoms with van der Waals surface area (Å²) in [7, 11) is -3.35. The molecule has 17 heteroatoms. The maximum atomic E-state index is 14.0. The number of nitrogens with one attached hydrogen (secondary N) is 2. The minimum Gasteiger partial charge on any atom is -0.385 e. The molecule has 0 saturated carbocycles. The van der Waals surface area contributed by atoms with Gasteiger partial charge in [-0.2, -0.15) is 39.5 Å². The van der Waals surface area contributed by atoms with Crippen molar-refractivity contribution in [2.24, 2.45) is 0 Å². The monoisotopic (exact) mass is 600 g/mol. The maximum Gasteiger partial charge on any atom is 0.433 e. The van der Waals surface area contributed by atoms with Gasteiger partial charge >= 0.3 is 18.5 Å². The average Bonchev–Trinajstić information content (AvgIpc) is 2.86. The Hall–Kier alpha value is -3.89. The number of benzene rings is 1. The first-order chi connectivity index (χ1) is 18.3. The molecule has 2 aromatic heterocycles. The molecule has 0 atom stereocenters. The highest BCUT2D eigenvalue weighted by Gasteiger charge is 2.39. The Morgan fingerprint density at radius 2 is 1.48 bits per heavy atom. The van der Waals surface area contributed by atoms with Gasteiger partial charge in [0.25, 0.3) is 5.91 Å². The van der Waals surface area contributed by atoms with Gasteiger partial charge in [0.05, 0.1) is 45.0 Å². The number of alkyl halides is 9. The summed E-state index contributed by atoms with van der Waals surface area (Å²) in [5.74, 6) is -2.30. The number of nitrogens with zero attached hydrogens (tertiary/aromatic N) is 2. The van der Waals surface area contributed by atoms with Crippen LogP contribution >= 0.6 is 0 Å². The van der Waals surface area contributed by atoms with E-state index < -0.39 is 84.4 Å². The highest BCUT2D eigenvalue weighted by molar-refractivity contribution is 7.91. The van der Waals surface area contributed by atoms with Gasteiger partial charge < -0.3 is 10.6 Å². The van der Waals surface area contributed by atoms with E-state index in [1.807, 2.05) is 5.32 Å². The predicted molar refractivity (Wildman–Crippen MR) is 124 cm³/mol. The van der Waals surface area contributed by atoms with Crippen LogP contribution in [0.25, 0.3) is 11.3 Å². The van der Waals surface area contributed by atoms with E-state index in [1.54, 1.807) is 0 Å². The van der Waals surface area contributed by atoms with E-state index in [4.69, 9.17) is 0 Å². The number of anilines is 2. The van der Waals surface area contributed by atoms with Gasteiger partial charge in [0.1, 0.15) is 11.4 Å². The van der Waals surface area contributed by atoms with Crippen molar-refractivity contribution in [2.45, 2.75) is 30.3 Å². The normalized spacial score (nSPS) is 12.8. The summed E-state index contributed by atoms with van der Waals surface area (Å²) < 4.78 is 146. The molecule has 2 heterocycles. The molecule has 0 aliphatic carbocycles. The molecule has 0 unspecified atom stereocenters. The molecule has 0 fully saturated rings. The number of aromatic nitrogens is 2. The molecular formula is C23H17F9N4O3S. The lowest BCUT2D eigenvalue weighted by Gasteiger charge is -2.18. The lowest BCUT2D eigenvalue weighted by atomic mass is 10.0. The minimum atomic E-state index is -5.27. The maximum absolute atomic E-state index is 14.0. The highest BCUT2D eigenvalue weighted by atomic mass is 32.2. The third-order valence-corrected chi connectivity index (χ3v) is 7.16. The molecule has 0 radical (unpaired) electrons. The summed E-state index contributed by atoms with van der Waals surface area (Å²) in [4.78, 5) is 18.8. The molecule has 40 heavy (non-hydrogen) atoms. The van der Waals surface area contributed by atoms with Crippen LogP contribution in [-0.4, -0.2) is 37.1 Å². The summed E-state index contributed by atoms with van der Waals surface area (Å²) in [6, 6.07) is 2.73. The Morgan fingerprint density at radius 3 is 1.95 bits per heavy atom. The van der Waals surface area contributed by atoms with Crippen molar-refractivity contribution in [3.8, 4) is 11.3 Å². The van der Waals surface area contributed by atoms with E-state index in [9.17, 15) is 52.7 Å². The van der Waals surface area contributed by atoms with Gasteiger partial charge in [-0.05, 0) is 24.3 Å². The number of halogens is 9. The number of amides is 1. The smallest absolute Gasteiger partial charge is 0.385 e. The van der Waals surface area contributed by atoms with Gasteiger partial charge in [0.15, 0.2) is 9.84 Å². The molecule has 3 aromatic rings. The molecule has 0 spiro atoms. The summed E-state index contributed by atoms with van der Waals surface area (Å²) in [5.41, 5.74) is -7.81. The van der Waals surface area contributed by atoms with Crippen molar-refractivity contribution in [1.29, 1.82) is 0 Å². The van der Waals surface area contributed by atoms with Crippen LogP contribution in [0.1, 0.15) is 34.2 Å². The van der Waals surface area contributed by atoms with E-state index in [1.165, 1.54) is 7.05 Å². The Bertz CT molecular complexity index is 1530. The predicted octanol–water partition coefficient (Wildman–Crippen LogP) is 6.29. The molecule has 0 aliphatic heterocycles. The molecule has 216 valence electrons. The average molecular weight is 600 g/mol. The fraction of sp³-hybridized carbons (Fsp3) is 0.261. The van der Waals surface area contributed by atoms with E-state index in [-0.39, 0.29) is 11.8 Å². The van der Waals surface area contributed by atoms with Gasteiger partial charge in [-0.25, -0.2) is 18.4 Å². The Balaban J connectivity index is 2.28. The van der Waals surface area contributed by atoms with E-state index in [0.29, 0.717) is 36.5 Å². The van der Waals surface area contributed by atoms with Crippen LogP contribution in [0.2, 0.25) is 0 Å². The molecule has 0 bridgehead atoms. The van der Waals surface area contributed by atoms with Crippen LogP contribution < -0.4 is 10.6 Å². The molecule has 7 nitrogen and oxygen atoms in total. The minimum absolute atomic E-state index is 0.112. The van der Waals surface area contributed by atoms with Gasteiger partial charge in [0, 0.05) is 12.6 Å². The topological polar surface area (TPSA) is 101 Å². The molecule has 1 amide bonds. The second-order valence-corrected chi connectivity index (χ2v) is 10.3. The zero-order valence-corrected chi connectivity index (χ0v) is 21.0. The third kappa shape index (κ3) is 6.46. The largest absolute Gasteiger partial charge is 0.433 e. The molecule has 2 N–H and O–H groups in total. The second-order valence-electron chi connectivity index (χ2n) is 8.02. The third-order valence-electron chi connectivity index (χ3n) is 5.42. The van der Waals surface area contributed by atoms with Crippen LogP contribution in [0.15, 0.2) is 47.5 Å². The van der Waals surface area contributed by atoms with Crippen LogP contribution in [0.4, 0.5) is 50.9 Å². The Morgan fingerprint density at radius 1 is 0.875 bits per heavy atom. The number of rotatable bonds is 6. The van der Waals surface area contributed by atoms with E-state index >= 15 is 0 Å². The second kappa shape index (κ2) is 10.6. The zero-order chi connectivity index (χ0) is 30.3. The number of hydrogen-bond acceptors (Lipinski definition) is 6. The SMILES string of the molecule is CCS(=O)(=O)c1cc(C(F)(F)F)c(-c2ccc(C(F)(F)F)cc2)nc1C(=O)Nc1cc(C(F)(F)F)ncc1NC. The van der Waals surface area contributed by atoms with E-state index in [2.05, 4.69) is 15.3 Å². The fourth-order valence-corrected chi connectivity index (χ4v) is 4.44. The van der Waals surface area contributed by atoms with Crippen molar-refractivity contribution in [1.82, 2.24) is 9.97 Å². The molecular weight excluding hydrogens is 583 g/mol. The first-order valence-corrected chi connectivity index (χ1v) is 12.5. The summed E-state index contributed by atoms with van der Waals surface area (Å²) in [6.07, 6.45) is -14.3. The summed E-state index contributed by atoms with van der Waals surface area (Å²) in [5, 5.41) is 4.44. The highest BCUT2D eigenvalue weighted by Crippen LogP contribution is 2.40. The van der Waals surface area contributed by atoms with Crippen molar-refractivity contribution in [2.75, 3.05) is 23.4 Å². The zero-order valence-electron chi connectivity index (χ0n) is 20.2. The van der Waals surface area contributed by atoms with Crippen molar-refractivity contribution >= 4 is 27.1 Å². The van der Waals surface area contributed by atoms with Gasteiger partial charge in [-0.1, -0.05) is 19.1 Å². The van der Waals surface area contributed by atoms with Crippen molar-refractivity contribution in [3.63, 3.8) is 0 Å². The number of sulfone groups is 1. The Kier molecular flexibility index (Phi) is 8.11. The summed E-state index contributed by atoms with van der Waals surface area (Å²) >= 11 is 0. The fourth-order valence-electron chi connectivity index (χ4n) is 3.40. The molecule has 1 aromatic carbocycles. The number of carbonyl (C=O) groups excluding carboxylic acids is 1. The van der Waals surface area contributed by atoms with Crippen LogP contribution in [0, 0.1) is 0 Å². The summed E-state index contributed by atoms with van der Waals surface area (Å²) in [6.45, 7) is 1.06.